The predicted octanol–water partition coefficient (Wildman–Crippen LogP) is 3.10. The normalized spacial score (nSPS) is 19.0. The van der Waals surface area contributed by atoms with Crippen molar-refractivity contribution in [2.75, 3.05) is 7.11 Å². The van der Waals surface area contributed by atoms with Crippen LogP contribution in [0.25, 0.3) is 0 Å². The smallest absolute Gasteiger partial charge is 0.135 e. The summed E-state index contributed by atoms with van der Waals surface area (Å²) in [6, 6.07) is 0. The van der Waals surface area contributed by atoms with Gasteiger partial charge < -0.3 is 4.74 Å². The number of methoxy groups -OCH3 is 1. The summed E-state index contributed by atoms with van der Waals surface area (Å²) in [5.41, 5.74) is -0.0662. The van der Waals surface area contributed by atoms with E-state index in [2.05, 4.69) is 6.92 Å². The van der Waals surface area contributed by atoms with Gasteiger partial charge in [-0.25, -0.2) is 0 Å². The van der Waals surface area contributed by atoms with Crippen molar-refractivity contribution in [3.8, 4) is 0 Å². The highest BCUT2D eigenvalue weighted by Crippen LogP contribution is 2.38. The van der Waals surface area contributed by atoms with Crippen LogP contribution >= 0.6 is 0 Å². The topological polar surface area (TPSA) is 26.3 Å². The van der Waals surface area contributed by atoms with Gasteiger partial charge in [-0.3, -0.25) is 4.79 Å². The maximum Gasteiger partial charge on any atom is 0.135 e. The van der Waals surface area contributed by atoms with Crippen LogP contribution in [0.15, 0.2) is 0 Å². The number of Topliss-reactive ketones (excluding diaryl/α,β-unsaturated/α-hetero) is 1. The standard InChI is InChI=1S/C12H22O2/c1-3-4-5-7-11(13)10-12(14-2)8-6-9-12/h3-10H2,1-2H3. The largest absolute Gasteiger partial charge is 0.378 e. The van der Waals surface area contributed by atoms with Crippen molar-refractivity contribution < 1.29 is 9.53 Å². The minimum absolute atomic E-state index is 0.0662. The first-order chi connectivity index (χ1) is 6.72. The lowest BCUT2D eigenvalue weighted by molar-refractivity contribution is -0.132. The maximum atomic E-state index is 11.6. The van der Waals surface area contributed by atoms with E-state index in [0.717, 1.165) is 25.7 Å². The van der Waals surface area contributed by atoms with Crippen LogP contribution < -0.4 is 0 Å². The summed E-state index contributed by atoms with van der Waals surface area (Å²) in [5, 5.41) is 0. The van der Waals surface area contributed by atoms with Gasteiger partial charge in [0.1, 0.15) is 5.78 Å². The Morgan fingerprint density at radius 3 is 2.50 bits per heavy atom. The molecule has 0 radical (unpaired) electrons. The van der Waals surface area contributed by atoms with Gasteiger partial charge in [0, 0.05) is 20.0 Å². The molecule has 0 aromatic carbocycles. The highest BCUT2D eigenvalue weighted by molar-refractivity contribution is 5.79. The molecule has 0 unspecified atom stereocenters. The van der Waals surface area contributed by atoms with Crippen molar-refractivity contribution >= 4 is 5.78 Å². The van der Waals surface area contributed by atoms with Gasteiger partial charge >= 0.3 is 0 Å². The molecular formula is C12H22O2. The molecule has 82 valence electrons. The highest BCUT2D eigenvalue weighted by Gasteiger charge is 2.38. The Labute approximate surface area is 87.0 Å². The molecule has 0 N–H and O–H groups in total. The van der Waals surface area contributed by atoms with Crippen molar-refractivity contribution in [1.82, 2.24) is 0 Å². The minimum Gasteiger partial charge on any atom is -0.378 e. The Morgan fingerprint density at radius 2 is 2.07 bits per heavy atom. The Hall–Kier alpha value is -0.370. The van der Waals surface area contributed by atoms with Crippen molar-refractivity contribution in [3.05, 3.63) is 0 Å². The SMILES string of the molecule is CCCCCC(=O)CC1(OC)CCC1. The molecule has 0 atom stereocenters. The summed E-state index contributed by atoms with van der Waals surface area (Å²) < 4.78 is 5.43. The van der Waals surface area contributed by atoms with E-state index in [1.54, 1.807) is 7.11 Å². The molecular weight excluding hydrogens is 176 g/mol. The van der Waals surface area contributed by atoms with E-state index in [0.29, 0.717) is 12.2 Å². The third kappa shape index (κ3) is 3.09. The van der Waals surface area contributed by atoms with Crippen LogP contribution in [0.1, 0.15) is 58.3 Å². The first-order valence-corrected chi connectivity index (χ1v) is 5.79. The van der Waals surface area contributed by atoms with E-state index in [9.17, 15) is 4.79 Å². The molecule has 0 spiro atoms. The van der Waals surface area contributed by atoms with Crippen LogP contribution in [-0.4, -0.2) is 18.5 Å². The molecule has 1 fully saturated rings. The Kier molecular flexibility index (Phi) is 4.59. The van der Waals surface area contributed by atoms with Gasteiger partial charge in [0.25, 0.3) is 0 Å². The molecule has 0 aliphatic heterocycles. The number of ketones is 1. The molecule has 0 saturated heterocycles. The van der Waals surface area contributed by atoms with Gasteiger partial charge in [-0.2, -0.15) is 0 Å². The number of carbonyl (C=O) groups is 1. The summed E-state index contributed by atoms with van der Waals surface area (Å²) in [6.07, 6.45) is 8.16. The van der Waals surface area contributed by atoms with Crippen LogP contribution in [0.4, 0.5) is 0 Å². The van der Waals surface area contributed by atoms with E-state index >= 15 is 0 Å². The van der Waals surface area contributed by atoms with E-state index < -0.39 is 0 Å². The molecule has 1 rings (SSSR count). The fraction of sp³-hybridized carbons (Fsp3) is 0.917. The molecule has 0 heterocycles. The summed E-state index contributed by atoms with van der Waals surface area (Å²) in [5.74, 6) is 0.389. The van der Waals surface area contributed by atoms with Crippen LogP contribution in [-0.2, 0) is 9.53 Å². The maximum absolute atomic E-state index is 11.6. The molecule has 2 nitrogen and oxygen atoms in total. The molecule has 14 heavy (non-hydrogen) atoms. The van der Waals surface area contributed by atoms with E-state index in [-0.39, 0.29) is 5.60 Å². The molecule has 0 amide bonds. The number of unbranched alkanes of at least 4 members (excludes halogenated alkanes) is 2. The number of ether oxygens (including phenoxy) is 1. The fourth-order valence-electron chi connectivity index (χ4n) is 2.04. The van der Waals surface area contributed by atoms with Gasteiger partial charge in [-0.15, -0.1) is 0 Å². The van der Waals surface area contributed by atoms with Crippen molar-refractivity contribution in [1.29, 1.82) is 0 Å². The van der Waals surface area contributed by atoms with Crippen LogP contribution in [0, 0.1) is 0 Å². The molecule has 1 saturated carbocycles. The monoisotopic (exact) mass is 198 g/mol. The molecule has 0 aromatic heterocycles. The fourth-order valence-corrected chi connectivity index (χ4v) is 2.04. The van der Waals surface area contributed by atoms with Crippen LogP contribution in [0.2, 0.25) is 0 Å². The Bertz CT molecular complexity index is 177. The first kappa shape index (κ1) is 11.7. The molecule has 0 aromatic rings. The van der Waals surface area contributed by atoms with Crippen LogP contribution in [0.3, 0.4) is 0 Å². The third-order valence-electron chi connectivity index (χ3n) is 3.28. The zero-order chi connectivity index (χ0) is 10.4. The second-order valence-corrected chi connectivity index (χ2v) is 4.41. The van der Waals surface area contributed by atoms with Gasteiger partial charge in [-0.1, -0.05) is 19.8 Å². The Morgan fingerprint density at radius 1 is 1.36 bits per heavy atom. The van der Waals surface area contributed by atoms with E-state index in [4.69, 9.17) is 4.74 Å². The summed E-state index contributed by atoms with van der Waals surface area (Å²) in [6.45, 7) is 2.16. The summed E-state index contributed by atoms with van der Waals surface area (Å²) >= 11 is 0. The molecule has 2 heteroatoms. The lowest BCUT2D eigenvalue weighted by atomic mass is 9.76. The third-order valence-corrected chi connectivity index (χ3v) is 3.28. The van der Waals surface area contributed by atoms with E-state index in [1.807, 2.05) is 0 Å². The zero-order valence-corrected chi connectivity index (χ0v) is 9.47. The quantitative estimate of drug-likeness (QED) is 0.588. The molecule has 1 aliphatic carbocycles. The second-order valence-electron chi connectivity index (χ2n) is 4.41. The Balaban J connectivity index is 2.18. The van der Waals surface area contributed by atoms with E-state index in [1.165, 1.54) is 19.3 Å². The van der Waals surface area contributed by atoms with Gasteiger partial charge in [-0.05, 0) is 25.7 Å². The second kappa shape index (κ2) is 5.50. The van der Waals surface area contributed by atoms with Gasteiger partial charge in [0.05, 0.1) is 5.60 Å². The zero-order valence-electron chi connectivity index (χ0n) is 9.47. The van der Waals surface area contributed by atoms with Gasteiger partial charge in [0.2, 0.25) is 0 Å². The number of hydrogen-bond donors (Lipinski definition) is 0. The molecule has 1 aliphatic rings. The number of carbonyl (C=O) groups excluding carboxylic acids is 1. The average molecular weight is 198 g/mol. The van der Waals surface area contributed by atoms with Crippen molar-refractivity contribution in [2.24, 2.45) is 0 Å². The average Bonchev–Trinajstić information content (AvgIpc) is 2.12. The van der Waals surface area contributed by atoms with Crippen LogP contribution in [0.5, 0.6) is 0 Å². The highest BCUT2D eigenvalue weighted by atomic mass is 16.5. The lowest BCUT2D eigenvalue weighted by Crippen LogP contribution is -2.41. The van der Waals surface area contributed by atoms with Gasteiger partial charge in [0.15, 0.2) is 0 Å². The first-order valence-electron chi connectivity index (χ1n) is 5.79. The van der Waals surface area contributed by atoms with Crippen molar-refractivity contribution in [2.45, 2.75) is 63.9 Å². The number of hydrogen-bond acceptors (Lipinski definition) is 2. The number of rotatable bonds is 7. The minimum atomic E-state index is -0.0662. The lowest BCUT2D eigenvalue weighted by Gasteiger charge is -2.40. The van der Waals surface area contributed by atoms with Crippen molar-refractivity contribution in [3.63, 3.8) is 0 Å². The molecule has 0 bridgehead atoms. The predicted molar refractivity (Wildman–Crippen MR) is 57.4 cm³/mol. The summed E-state index contributed by atoms with van der Waals surface area (Å²) in [4.78, 5) is 11.6. The summed E-state index contributed by atoms with van der Waals surface area (Å²) in [7, 11) is 1.73.